The molecule has 0 radical (unpaired) electrons. The number of carbonyl (C=O) groups excluding carboxylic acids is 1. The average molecular weight is 322 g/mol. The first-order chi connectivity index (χ1) is 10.1. The largest absolute Gasteiger partial charge is 0.353 e. The Morgan fingerprint density at radius 1 is 1.29 bits per heavy atom. The molecule has 0 bridgehead atoms. The van der Waals surface area contributed by atoms with E-state index in [1.165, 1.54) is 6.20 Å². The molecule has 21 heavy (non-hydrogen) atoms. The average Bonchev–Trinajstić information content (AvgIpc) is 2.49. The molecule has 2 aromatic rings. The minimum Gasteiger partial charge on any atom is -0.353 e. The summed E-state index contributed by atoms with van der Waals surface area (Å²) in [5.41, 5.74) is 1.55. The number of hydrogen-bond donors (Lipinski definition) is 2. The Morgan fingerprint density at radius 3 is 2.67 bits per heavy atom. The summed E-state index contributed by atoms with van der Waals surface area (Å²) in [6.07, 6.45) is 3.14. The van der Waals surface area contributed by atoms with Crippen LogP contribution in [0.25, 0.3) is 0 Å². The molecule has 0 fully saturated rings. The van der Waals surface area contributed by atoms with Gasteiger partial charge in [-0.05, 0) is 24.3 Å². The van der Waals surface area contributed by atoms with Crippen molar-refractivity contribution in [3.05, 3.63) is 64.9 Å². The van der Waals surface area contributed by atoms with Crippen LogP contribution in [0.15, 0.2) is 49.2 Å². The van der Waals surface area contributed by atoms with Gasteiger partial charge < -0.3 is 10.6 Å². The summed E-state index contributed by atoms with van der Waals surface area (Å²) in [5, 5.41) is 6.75. The van der Waals surface area contributed by atoms with Gasteiger partial charge >= 0.3 is 0 Å². The first-order valence-electron chi connectivity index (χ1n) is 6.18. The van der Waals surface area contributed by atoms with Crippen molar-refractivity contribution >= 4 is 40.5 Å². The lowest BCUT2D eigenvalue weighted by Crippen LogP contribution is -2.24. The summed E-state index contributed by atoms with van der Waals surface area (Å²) in [4.78, 5) is 15.9. The van der Waals surface area contributed by atoms with Crippen LogP contribution in [0.4, 0.5) is 11.4 Å². The fourth-order valence-electron chi connectivity index (χ4n) is 1.65. The fraction of sp³-hybridized carbons (Fsp3) is 0.0667. The zero-order valence-electron chi connectivity index (χ0n) is 11.1. The summed E-state index contributed by atoms with van der Waals surface area (Å²) in [6, 6.07) is 8.57. The second-order valence-corrected chi connectivity index (χ2v) is 4.96. The molecule has 0 aliphatic heterocycles. The lowest BCUT2D eigenvalue weighted by Gasteiger charge is -2.11. The Kier molecular flexibility index (Phi) is 5.20. The Bertz CT molecular complexity index is 653. The van der Waals surface area contributed by atoms with Gasteiger partial charge in [0.25, 0.3) is 5.91 Å². The molecule has 1 heterocycles. The molecule has 6 heteroatoms. The smallest absolute Gasteiger partial charge is 0.270 e. The van der Waals surface area contributed by atoms with E-state index in [2.05, 4.69) is 22.2 Å². The lowest BCUT2D eigenvalue weighted by molar-refractivity contribution is 0.0953. The van der Waals surface area contributed by atoms with Crippen LogP contribution in [0.1, 0.15) is 10.5 Å². The van der Waals surface area contributed by atoms with Crippen LogP contribution >= 0.6 is 23.2 Å². The highest BCUT2D eigenvalue weighted by Gasteiger charge is 2.09. The van der Waals surface area contributed by atoms with Gasteiger partial charge in [0.05, 0.1) is 15.7 Å². The van der Waals surface area contributed by atoms with Gasteiger partial charge in [0.15, 0.2) is 0 Å². The fourth-order valence-corrected chi connectivity index (χ4v) is 2.14. The van der Waals surface area contributed by atoms with Crippen molar-refractivity contribution in [1.29, 1.82) is 0 Å². The Balaban J connectivity index is 2.22. The number of hydrogen-bond acceptors (Lipinski definition) is 3. The lowest BCUT2D eigenvalue weighted by atomic mass is 10.2. The maximum absolute atomic E-state index is 11.8. The Labute approximate surface area is 132 Å². The SMILES string of the molecule is C=CCNC(=O)c1cc(Nc2c(Cl)cccc2Cl)ccn1. The van der Waals surface area contributed by atoms with Crippen molar-refractivity contribution in [2.75, 3.05) is 11.9 Å². The number of nitrogens with zero attached hydrogens (tertiary/aromatic N) is 1. The summed E-state index contributed by atoms with van der Waals surface area (Å²) < 4.78 is 0. The summed E-state index contributed by atoms with van der Waals surface area (Å²) in [7, 11) is 0. The highest BCUT2D eigenvalue weighted by Crippen LogP contribution is 2.32. The normalized spacial score (nSPS) is 10.0. The van der Waals surface area contributed by atoms with Crippen molar-refractivity contribution < 1.29 is 4.79 Å². The van der Waals surface area contributed by atoms with E-state index in [1.807, 2.05) is 0 Å². The van der Waals surface area contributed by atoms with Gasteiger partial charge in [-0.1, -0.05) is 35.3 Å². The molecule has 4 nitrogen and oxygen atoms in total. The van der Waals surface area contributed by atoms with E-state index < -0.39 is 0 Å². The Morgan fingerprint density at radius 2 is 2.00 bits per heavy atom. The van der Waals surface area contributed by atoms with Crippen LogP contribution in [-0.2, 0) is 0 Å². The van der Waals surface area contributed by atoms with Crippen LogP contribution in [0.3, 0.4) is 0 Å². The molecule has 0 spiro atoms. The molecule has 0 saturated carbocycles. The third kappa shape index (κ3) is 3.97. The van der Waals surface area contributed by atoms with Crippen molar-refractivity contribution in [1.82, 2.24) is 10.3 Å². The molecule has 2 rings (SSSR count). The first-order valence-corrected chi connectivity index (χ1v) is 6.93. The molecular formula is C15H13Cl2N3O. The predicted octanol–water partition coefficient (Wildman–Crippen LogP) is 4.05. The van der Waals surface area contributed by atoms with Gasteiger partial charge in [0.2, 0.25) is 0 Å². The zero-order chi connectivity index (χ0) is 15.2. The monoisotopic (exact) mass is 321 g/mol. The van der Waals surface area contributed by atoms with Gasteiger partial charge in [-0.2, -0.15) is 0 Å². The summed E-state index contributed by atoms with van der Waals surface area (Å²) in [6.45, 7) is 3.93. The maximum Gasteiger partial charge on any atom is 0.270 e. The van der Waals surface area contributed by atoms with E-state index in [0.29, 0.717) is 33.7 Å². The number of para-hydroxylation sites is 1. The van der Waals surface area contributed by atoms with E-state index in [9.17, 15) is 4.79 Å². The standard InChI is InChI=1S/C15H13Cl2N3O/c1-2-7-19-15(21)13-9-10(6-8-18-13)20-14-11(16)4-3-5-12(14)17/h2-6,8-9H,1,7H2,(H,18,20)(H,19,21). The van der Waals surface area contributed by atoms with Crippen molar-refractivity contribution in [3.8, 4) is 0 Å². The van der Waals surface area contributed by atoms with Crippen molar-refractivity contribution in [2.45, 2.75) is 0 Å². The van der Waals surface area contributed by atoms with E-state index in [-0.39, 0.29) is 5.91 Å². The maximum atomic E-state index is 11.8. The molecule has 0 saturated heterocycles. The molecular weight excluding hydrogens is 309 g/mol. The topological polar surface area (TPSA) is 54.0 Å². The number of aromatic nitrogens is 1. The molecule has 108 valence electrons. The molecule has 2 N–H and O–H groups in total. The van der Waals surface area contributed by atoms with Crippen LogP contribution in [0, 0.1) is 0 Å². The Hall–Kier alpha value is -2.04. The first kappa shape index (κ1) is 15.4. The highest BCUT2D eigenvalue weighted by molar-refractivity contribution is 6.39. The van der Waals surface area contributed by atoms with Crippen LogP contribution in [0.5, 0.6) is 0 Å². The van der Waals surface area contributed by atoms with Gasteiger partial charge in [-0.3, -0.25) is 9.78 Å². The number of pyridine rings is 1. The number of anilines is 2. The molecule has 1 aromatic carbocycles. The highest BCUT2D eigenvalue weighted by atomic mass is 35.5. The van der Waals surface area contributed by atoms with Crippen molar-refractivity contribution in [2.24, 2.45) is 0 Å². The number of benzene rings is 1. The van der Waals surface area contributed by atoms with E-state index in [4.69, 9.17) is 23.2 Å². The molecule has 0 aliphatic carbocycles. The van der Waals surface area contributed by atoms with Crippen molar-refractivity contribution in [3.63, 3.8) is 0 Å². The number of rotatable bonds is 5. The van der Waals surface area contributed by atoms with Gasteiger partial charge in [-0.15, -0.1) is 6.58 Å². The minimum absolute atomic E-state index is 0.274. The second kappa shape index (κ2) is 7.11. The van der Waals surface area contributed by atoms with Gasteiger partial charge in [-0.25, -0.2) is 0 Å². The number of nitrogens with one attached hydrogen (secondary N) is 2. The van der Waals surface area contributed by atoms with Crippen LogP contribution in [-0.4, -0.2) is 17.4 Å². The quantitative estimate of drug-likeness (QED) is 0.817. The zero-order valence-corrected chi connectivity index (χ0v) is 12.6. The molecule has 0 unspecified atom stereocenters. The molecule has 0 aliphatic rings. The van der Waals surface area contributed by atoms with Gasteiger partial charge in [0.1, 0.15) is 5.69 Å². The molecule has 1 amide bonds. The second-order valence-electron chi connectivity index (χ2n) is 4.15. The third-order valence-electron chi connectivity index (χ3n) is 2.63. The van der Waals surface area contributed by atoms with E-state index in [0.717, 1.165) is 0 Å². The summed E-state index contributed by atoms with van der Waals surface area (Å²) in [5.74, 6) is -0.274. The van der Waals surface area contributed by atoms with Gasteiger partial charge in [0, 0.05) is 18.4 Å². The summed E-state index contributed by atoms with van der Waals surface area (Å²) >= 11 is 12.2. The number of halogens is 2. The number of carbonyl (C=O) groups is 1. The van der Waals surface area contributed by atoms with E-state index >= 15 is 0 Å². The predicted molar refractivity (Wildman–Crippen MR) is 86.5 cm³/mol. The third-order valence-corrected chi connectivity index (χ3v) is 3.26. The molecule has 1 aromatic heterocycles. The van der Waals surface area contributed by atoms with Crippen LogP contribution < -0.4 is 10.6 Å². The van der Waals surface area contributed by atoms with E-state index in [1.54, 1.807) is 36.4 Å². The molecule has 0 atom stereocenters. The number of amides is 1. The minimum atomic E-state index is -0.274. The van der Waals surface area contributed by atoms with Crippen LogP contribution in [0.2, 0.25) is 10.0 Å².